The third-order valence-corrected chi connectivity index (χ3v) is 3.62. The number of carboxylic acids is 1. The Bertz CT molecular complexity index is 471. The molecule has 1 fully saturated rings. The lowest BCUT2D eigenvalue weighted by molar-refractivity contribution is -0.144. The van der Waals surface area contributed by atoms with Crippen molar-refractivity contribution in [3.63, 3.8) is 0 Å². The molecule has 0 radical (unpaired) electrons. The maximum Gasteiger partial charge on any atom is 0.306 e. The molecular weight excluding hydrogens is 248 g/mol. The van der Waals surface area contributed by atoms with Gasteiger partial charge in [-0.05, 0) is 19.3 Å². The summed E-state index contributed by atoms with van der Waals surface area (Å²) in [5, 5.41) is 19.4. The molecule has 0 saturated heterocycles. The van der Waals surface area contributed by atoms with Crippen molar-refractivity contribution in [3.05, 3.63) is 12.2 Å². The van der Waals surface area contributed by atoms with E-state index >= 15 is 0 Å². The van der Waals surface area contributed by atoms with Crippen LogP contribution in [0.4, 0.5) is 0 Å². The molecule has 0 spiro atoms. The number of nitrogens with zero attached hydrogens (tertiary/aromatic N) is 3. The Morgan fingerprint density at radius 3 is 2.84 bits per heavy atom. The molecule has 7 nitrogen and oxygen atoms in total. The number of aromatic nitrogens is 3. The van der Waals surface area contributed by atoms with E-state index in [0.29, 0.717) is 25.2 Å². The summed E-state index contributed by atoms with van der Waals surface area (Å²) in [7, 11) is 1.81. The largest absolute Gasteiger partial charge is 0.481 e. The zero-order valence-electron chi connectivity index (χ0n) is 10.9. The van der Waals surface area contributed by atoms with Gasteiger partial charge < -0.3 is 15.0 Å². The molecule has 19 heavy (non-hydrogen) atoms. The van der Waals surface area contributed by atoms with Crippen LogP contribution in [0.25, 0.3) is 0 Å². The average Bonchev–Trinajstić information content (AvgIpc) is 2.81. The van der Waals surface area contributed by atoms with E-state index < -0.39 is 5.97 Å². The molecule has 1 amide bonds. The number of aliphatic carboxylic acids is 1. The zero-order valence-corrected chi connectivity index (χ0v) is 10.9. The SMILES string of the molecule is Cn1cnnc1CNC(=O)C1CCCC(C(=O)O)C1. The van der Waals surface area contributed by atoms with Crippen LogP contribution in [-0.4, -0.2) is 31.7 Å². The summed E-state index contributed by atoms with van der Waals surface area (Å²) in [6, 6.07) is 0. The van der Waals surface area contributed by atoms with Gasteiger partial charge in [0.25, 0.3) is 0 Å². The number of hydrogen-bond donors (Lipinski definition) is 2. The highest BCUT2D eigenvalue weighted by molar-refractivity contribution is 5.80. The van der Waals surface area contributed by atoms with E-state index in [-0.39, 0.29) is 17.7 Å². The van der Waals surface area contributed by atoms with E-state index in [4.69, 9.17) is 5.11 Å². The van der Waals surface area contributed by atoms with Crippen molar-refractivity contribution in [3.8, 4) is 0 Å². The highest BCUT2D eigenvalue weighted by Gasteiger charge is 2.30. The third-order valence-electron chi connectivity index (χ3n) is 3.62. The minimum Gasteiger partial charge on any atom is -0.481 e. The molecule has 1 aromatic heterocycles. The van der Waals surface area contributed by atoms with Crippen molar-refractivity contribution in [2.24, 2.45) is 18.9 Å². The summed E-state index contributed by atoms with van der Waals surface area (Å²) in [5.41, 5.74) is 0. The van der Waals surface area contributed by atoms with E-state index in [2.05, 4.69) is 15.5 Å². The van der Waals surface area contributed by atoms with Crippen LogP contribution in [0.5, 0.6) is 0 Å². The van der Waals surface area contributed by atoms with E-state index in [1.165, 1.54) is 0 Å². The molecular formula is C12H18N4O3. The molecule has 2 N–H and O–H groups in total. The normalized spacial score (nSPS) is 23.0. The maximum absolute atomic E-state index is 12.0. The second kappa shape index (κ2) is 5.81. The number of carboxylic acid groups (broad SMARTS) is 1. The van der Waals surface area contributed by atoms with Crippen LogP contribution < -0.4 is 5.32 Å². The Morgan fingerprint density at radius 2 is 2.21 bits per heavy atom. The standard InChI is InChI=1S/C12H18N4O3/c1-16-7-14-15-10(16)6-13-11(17)8-3-2-4-9(5-8)12(18)19/h7-9H,2-6H2,1H3,(H,13,17)(H,18,19). The number of rotatable bonds is 4. The van der Waals surface area contributed by atoms with E-state index in [1.54, 1.807) is 10.9 Å². The molecule has 0 aliphatic heterocycles. The van der Waals surface area contributed by atoms with Crippen LogP contribution in [-0.2, 0) is 23.2 Å². The Hall–Kier alpha value is -1.92. The Morgan fingerprint density at radius 1 is 1.47 bits per heavy atom. The molecule has 2 rings (SSSR count). The van der Waals surface area contributed by atoms with Crippen molar-refractivity contribution < 1.29 is 14.7 Å². The van der Waals surface area contributed by atoms with E-state index in [9.17, 15) is 9.59 Å². The van der Waals surface area contributed by atoms with Crippen molar-refractivity contribution >= 4 is 11.9 Å². The summed E-state index contributed by atoms with van der Waals surface area (Å²) in [4.78, 5) is 23.0. The summed E-state index contributed by atoms with van der Waals surface area (Å²) < 4.78 is 1.74. The third kappa shape index (κ3) is 3.30. The van der Waals surface area contributed by atoms with Gasteiger partial charge >= 0.3 is 5.97 Å². The molecule has 1 aromatic rings. The van der Waals surface area contributed by atoms with Gasteiger partial charge in [-0.1, -0.05) is 6.42 Å². The smallest absolute Gasteiger partial charge is 0.306 e. The first kappa shape index (κ1) is 13.5. The molecule has 2 unspecified atom stereocenters. The lowest BCUT2D eigenvalue weighted by Crippen LogP contribution is -2.35. The predicted molar refractivity (Wildman–Crippen MR) is 65.9 cm³/mol. The summed E-state index contributed by atoms with van der Waals surface area (Å²) in [6.07, 6.45) is 4.22. The van der Waals surface area contributed by atoms with Gasteiger partial charge in [0.2, 0.25) is 5.91 Å². The van der Waals surface area contributed by atoms with Crippen molar-refractivity contribution in [2.75, 3.05) is 0 Å². The number of amides is 1. The first-order chi connectivity index (χ1) is 9.08. The number of aryl methyl sites for hydroxylation is 1. The van der Waals surface area contributed by atoms with Crippen LogP contribution in [0, 0.1) is 11.8 Å². The monoisotopic (exact) mass is 266 g/mol. The molecule has 1 aliphatic carbocycles. The van der Waals surface area contributed by atoms with Gasteiger partial charge in [-0.2, -0.15) is 0 Å². The molecule has 104 valence electrons. The van der Waals surface area contributed by atoms with E-state index in [1.807, 2.05) is 7.05 Å². The van der Waals surface area contributed by atoms with Gasteiger partial charge in [-0.3, -0.25) is 9.59 Å². The summed E-state index contributed by atoms with van der Waals surface area (Å²) in [6.45, 7) is 0.323. The second-order valence-electron chi connectivity index (χ2n) is 4.97. The zero-order chi connectivity index (χ0) is 13.8. The minimum atomic E-state index is -0.800. The first-order valence-electron chi connectivity index (χ1n) is 6.41. The van der Waals surface area contributed by atoms with E-state index in [0.717, 1.165) is 12.8 Å². The lowest BCUT2D eigenvalue weighted by atomic mass is 9.81. The fourth-order valence-corrected chi connectivity index (χ4v) is 2.43. The number of carbonyl (C=O) groups excluding carboxylic acids is 1. The van der Waals surface area contributed by atoms with Crippen LogP contribution in [0.2, 0.25) is 0 Å². The minimum absolute atomic E-state index is 0.0889. The molecule has 0 aromatic carbocycles. The second-order valence-corrected chi connectivity index (χ2v) is 4.97. The first-order valence-corrected chi connectivity index (χ1v) is 6.41. The molecule has 7 heteroatoms. The summed E-state index contributed by atoms with van der Waals surface area (Å²) >= 11 is 0. The fourth-order valence-electron chi connectivity index (χ4n) is 2.43. The number of hydrogen-bond acceptors (Lipinski definition) is 4. The summed E-state index contributed by atoms with van der Waals surface area (Å²) in [5.74, 6) is -0.805. The lowest BCUT2D eigenvalue weighted by Gasteiger charge is -2.25. The highest BCUT2D eigenvalue weighted by Crippen LogP contribution is 2.29. The maximum atomic E-state index is 12.0. The molecule has 1 heterocycles. The van der Waals surface area contributed by atoms with Crippen molar-refractivity contribution in [1.29, 1.82) is 0 Å². The molecule has 1 aliphatic rings. The van der Waals surface area contributed by atoms with Crippen LogP contribution in [0.1, 0.15) is 31.5 Å². The van der Waals surface area contributed by atoms with Crippen LogP contribution in [0.15, 0.2) is 6.33 Å². The average molecular weight is 266 g/mol. The Kier molecular flexibility index (Phi) is 4.13. The molecule has 0 bridgehead atoms. The van der Waals surface area contributed by atoms with Gasteiger partial charge in [0.1, 0.15) is 6.33 Å². The molecule has 1 saturated carbocycles. The van der Waals surface area contributed by atoms with Gasteiger partial charge in [0.15, 0.2) is 5.82 Å². The Labute approximate surface area is 111 Å². The van der Waals surface area contributed by atoms with Crippen molar-refractivity contribution in [1.82, 2.24) is 20.1 Å². The quantitative estimate of drug-likeness (QED) is 0.818. The Balaban J connectivity index is 1.86. The molecule has 2 atom stereocenters. The number of carbonyl (C=O) groups is 2. The fraction of sp³-hybridized carbons (Fsp3) is 0.667. The van der Waals surface area contributed by atoms with Gasteiger partial charge in [0.05, 0.1) is 12.5 Å². The van der Waals surface area contributed by atoms with Gasteiger partial charge in [0, 0.05) is 13.0 Å². The van der Waals surface area contributed by atoms with Crippen molar-refractivity contribution in [2.45, 2.75) is 32.2 Å². The van der Waals surface area contributed by atoms with Crippen LogP contribution in [0.3, 0.4) is 0 Å². The van der Waals surface area contributed by atoms with Gasteiger partial charge in [-0.15, -0.1) is 10.2 Å². The van der Waals surface area contributed by atoms with Crippen LogP contribution >= 0.6 is 0 Å². The topological polar surface area (TPSA) is 97.1 Å². The van der Waals surface area contributed by atoms with Gasteiger partial charge in [-0.25, -0.2) is 0 Å². The predicted octanol–water partition coefficient (Wildman–Crippen LogP) is 0.322. The number of nitrogens with one attached hydrogen (secondary N) is 1. The highest BCUT2D eigenvalue weighted by atomic mass is 16.4.